The molecule has 0 radical (unpaired) electrons. The first kappa shape index (κ1) is 23.2. The topological polar surface area (TPSA) is 58.2 Å². The minimum atomic E-state index is -0.353. The third-order valence-corrected chi connectivity index (χ3v) is 6.04. The maximum atomic E-state index is 13.6. The average molecular weight is 439 g/mol. The molecular formula is C21H24F2N2O2S2. The monoisotopic (exact) mass is 438 g/mol. The van der Waals surface area contributed by atoms with E-state index in [0.717, 1.165) is 29.9 Å². The van der Waals surface area contributed by atoms with E-state index >= 15 is 0 Å². The molecule has 2 amide bonds. The molecule has 0 spiro atoms. The van der Waals surface area contributed by atoms with Gasteiger partial charge in [0.15, 0.2) is 0 Å². The molecule has 0 heterocycles. The van der Waals surface area contributed by atoms with Gasteiger partial charge in [0, 0.05) is 22.4 Å². The molecule has 8 heteroatoms. The number of carbonyl (C=O) groups excluding carboxylic acids is 2. The molecule has 2 N–H and O–H groups in total. The van der Waals surface area contributed by atoms with Crippen molar-refractivity contribution in [2.45, 2.75) is 35.6 Å². The summed E-state index contributed by atoms with van der Waals surface area (Å²) < 4.78 is 27.2. The molecule has 0 fully saturated rings. The van der Waals surface area contributed by atoms with Crippen LogP contribution in [0.5, 0.6) is 0 Å². The maximum Gasteiger partial charge on any atom is 0.230 e. The first-order valence-corrected chi connectivity index (χ1v) is 11.3. The minimum absolute atomic E-state index is 0.0941. The number of rotatable bonds is 11. The van der Waals surface area contributed by atoms with E-state index < -0.39 is 0 Å². The van der Waals surface area contributed by atoms with Crippen LogP contribution >= 0.6 is 23.5 Å². The second kappa shape index (κ2) is 12.5. The molecule has 2 aromatic rings. The molecule has 0 aliphatic heterocycles. The van der Waals surface area contributed by atoms with Gasteiger partial charge in [-0.15, -0.1) is 23.5 Å². The molecule has 0 aliphatic carbocycles. The van der Waals surface area contributed by atoms with E-state index in [-0.39, 0.29) is 41.0 Å². The van der Waals surface area contributed by atoms with Crippen molar-refractivity contribution in [3.8, 4) is 0 Å². The summed E-state index contributed by atoms with van der Waals surface area (Å²) in [6.07, 6.45) is 1.54. The Morgan fingerprint density at radius 1 is 0.897 bits per heavy atom. The highest BCUT2D eigenvalue weighted by Gasteiger charge is 2.14. The van der Waals surface area contributed by atoms with Gasteiger partial charge in [0.2, 0.25) is 11.8 Å². The highest BCUT2D eigenvalue weighted by Crippen LogP contribution is 2.21. The van der Waals surface area contributed by atoms with Gasteiger partial charge in [0.1, 0.15) is 11.6 Å². The van der Waals surface area contributed by atoms with Crippen LogP contribution in [0, 0.1) is 11.6 Å². The highest BCUT2D eigenvalue weighted by molar-refractivity contribution is 8.00. The predicted molar refractivity (Wildman–Crippen MR) is 114 cm³/mol. The van der Waals surface area contributed by atoms with E-state index in [4.69, 9.17) is 0 Å². The van der Waals surface area contributed by atoms with Crippen molar-refractivity contribution in [3.05, 3.63) is 60.2 Å². The Labute approximate surface area is 178 Å². The van der Waals surface area contributed by atoms with Gasteiger partial charge in [0.25, 0.3) is 0 Å². The van der Waals surface area contributed by atoms with Crippen LogP contribution in [0.2, 0.25) is 0 Å². The average Bonchev–Trinajstić information content (AvgIpc) is 2.71. The number of amides is 2. The Bertz CT molecular complexity index is 821. The Balaban J connectivity index is 1.75. The van der Waals surface area contributed by atoms with Gasteiger partial charge in [-0.25, -0.2) is 8.78 Å². The van der Waals surface area contributed by atoms with Crippen LogP contribution in [-0.2, 0) is 9.59 Å². The first-order chi connectivity index (χ1) is 14.0. The summed E-state index contributed by atoms with van der Waals surface area (Å²) in [6.45, 7) is 2.28. The Morgan fingerprint density at radius 3 is 1.93 bits per heavy atom. The molecule has 29 heavy (non-hydrogen) atoms. The second-order valence-corrected chi connectivity index (χ2v) is 8.33. The third kappa shape index (κ3) is 8.45. The van der Waals surface area contributed by atoms with Gasteiger partial charge in [-0.1, -0.05) is 37.6 Å². The summed E-state index contributed by atoms with van der Waals surface area (Å²) in [6, 6.07) is 12.4. The van der Waals surface area contributed by atoms with Crippen LogP contribution in [0.3, 0.4) is 0 Å². The SMILES string of the molecule is CCCC(CNC(=O)CSc1ccccc1F)NC(=O)CSc1ccccc1F. The summed E-state index contributed by atoms with van der Waals surface area (Å²) in [5.74, 6) is -0.959. The molecule has 2 rings (SSSR count). The van der Waals surface area contributed by atoms with Crippen LogP contribution in [0.25, 0.3) is 0 Å². The molecule has 156 valence electrons. The number of hydrogen-bond donors (Lipinski definition) is 2. The van der Waals surface area contributed by atoms with Crippen molar-refractivity contribution in [3.63, 3.8) is 0 Å². The molecule has 2 aromatic carbocycles. The number of nitrogens with one attached hydrogen (secondary N) is 2. The van der Waals surface area contributed by atoms with Gasteiger partial charge in [0.05, 0.1) is 11.5 Å². The van der Waals surface area contributed by atoms with Crippen molar-refractivity contribution in [2.75, 3.05) is 18.1 Å². The molecule has 1 unspecified atom stereocenters. The number of hydrogen-bond acceptors (Lipinski definition) is 4. The lowest BCUT2D eigenvalue weighted by atomic mass is 10.1. The molecule has 0 bridgehead atoms. The maximum absolute atomic E-state index is 13.6. The minimum Gasteiger partial charge on any atom is -0.353 e. The van der Waals surface area contributed by atoms with E-state index in [0.29, 0.717) is 22.8 Å². The van der Waals surface area contributed by atoms with Crippen LogP contribution < -0.4 is 10.6 Å². The molecular weight excluding hydrogens is 414 g/mol. The van der Waals surface area contributed by atoms with Crippen LogP contribution in [0.1, 0.15) is 19.8 Å². The van der Waals surface area contributed by atoms with Gasteiger partial charge < -0.3 is 10.6 Å². The Hall–Kier alpha value is -2.06. The lowest BCUT2D eigenvalue weighted by Gasteiger charge is -2.19. The van der Waals surface area contributed by atoms with E-state index in [9.17, 15) is 18.4 Å². The van der Waals surface area contributed by atoms with Crippen LogP contribution in [0.4, 0.5) is 8.78 Å². The summed E-state index contributed by atoms with van der Waals surface area (Å²) in [5, 5.41) is 5.66. The molecule has 1 atom stereocenters. The van der Waals surface area contributed by atoms with Crippen molar-refractivity contribution in [1.82, 2.24) is 10.6 Å². The zero-order chi connectivity index (χ0) is 21.1. The number of benzene rings is 2. The van der Waals surface area contributed by atoms with Gasteiger partial charge in [-0.3, -0.25) is 9.59 Å². The zero-order valence-electron chi connectivity index (χ0n) is 16.1. The molecule has 0 aliphatic rings. The normalized spacial score (nSPS) is 11.7. The van der Waals surface area contributed by atoms with E-state index in [1.54, 1.807) is 36.4 Å². The molecule has 0 saturated carbocycles. The fourth-order valence-corrected chi connectivity index (χ4v) is 4.06. The van der Waals surface area contributed by atoms with Crippen molar-refractivity contribution < 1.29 is 18.4 Å². The number of thioether (sulfide) groups is 2. The van der Waals surface area contributed by atoms with E-state index in [2.05, 4.69) is 10.6 Å². The zero-order valence-corrected chi connectivity index (χ0v) is 17.8. The lowest BCUT2D eigenvalue weighted by molar-refractivity contribution is -0.121. The standard InChI is InChI=1S/C21H24F2N2O2S2/c1-2-7-15(25-21(27)14-29-19-11-6-4-9-17(19)23)12-24-20(26)13-28-18-10-5-3-8-16(18)22/h3-6,8-11,15H,2,7,12-14H2,1H3,(H,24,26)(H,25,27). The van der Waals surface area contributed by atoms with Crippen molar-refractivity contribution >= 4 is 35.3 Å². The Kier molecular flexibility index (Phi) is 10.0. The fourth-order valence-electron chi connectivity index (χ4n) is 2.54. The summed E-state index contributed by atoms with van der Waals surface area (Å²) in [4.78, 5) is 25.1. The van der Waals surface area contributed by atoms with Crippen LogP contribution in [-0.4, -0.2) is 35.9 Å². The lowest BCUT2D eigenvalue weighted by Crippen LogP contribution is -2.44. The molecule has 4 nitrogen and oxygen atoms in total. The number of carbonyl (C=O) groups is 2. The van der Waals surface area contributed by atoms with Gasteiger partial charge in [-0.05, 0) is 30.7 Å². The fraction of sp³-hybridized carbons (Fsp3) is 0.333. The second-order valence-electron chi connectivity index (χ2n) is 6.30. The third-order valence-electron chi connectivity index (χ3n) is 3.94. The predicted octanol–water partition coefficient (Wildman–Crippen LogP) is 4.25. The molecule has 0 aromatic heterocycles. The van der Waals surface area contributed by atoms with Gasteiger partial charge >= 0.3 is 0 Å². The van der Waals surface area contributed by atoms with E-state index in [1.807, 2.05) is 6.92 Å². The Morgan fingerprint density at radius 2 is 1.41 bits per heavy atom. The largest absolute Gasteiger partial charge is 0.353 e. The van der Waals surface area contributed by atoms with E-state index in [1.165, 1.54) is 12.1 Å². The smallest absolute Gasteiger partial charge is 0.230 e. The quantitative estimate of drug-likeness (QED) is 0.515. The molecule has 0 saturated heterocycles. The van der Waals surface area contributed by atoms with Gasteiger partial charge in [-0.2, -0.15) is 0 Å². The summed E-state index contributed by atoms with van der Waals surface area (Å²) in [5.41, 5.74) is 0. The number of halogens is 2. The highest BCUT2D eigenvalue weighted by atomic mass is 32.2. The summed E-state index contributed by atoms with van der Waals surface area (Å²) in [7, 11) is 0. The summed E-state index contributed by atoms with van der Waals surface area (Å²) >= 11 is 2.26. The van der Waals surface area contributed by atoms with Crippen molar-refractivity contribution in [2.24, 2.45) is 0 Å². The first-order valence-electron chi connectivity index (χ1n) is 9.30. The van der Waals surface area contributed by atoms with Crippen LogP contribution in [0.15, 0.2) is 58.3 Å². The van der Waals surface area contributed by atoms with Crippen molar-refractivity contribution in [1.29, 1.82) is 0 Å².